The summed E-state index contributed by atoms with van der Waals surface area (Å²) in [5.74, 6) is 0. The first-order valence-corrected chi connectivity index (χ1v) is 5.13. The van der Waals surface area contributed by atoms with Gasteiger partial charge in [0.25, 0.3) is 0 Å². The molecule has 1 aliphatic heterocycles. The molecule has 1 fully saturated rings. The van der Waals surface area contributed by atoms with Crippen LogP contribution < -0.4 is 11.1 Å². The minimum atomic E-state index is -4.33. The average Bonchev–Trinajstić information content (AvgIpc) is 2.48. The molecule has 1 rings (SSSR count). The maximum absolute atomic E-state index is 12.3. The van der Waals surface area contributed by atoms with E-state index >= 15 is 0 Å². The molecule has 1 heterocycles. The molecule has 0 radical (unpaired) electrons. The number of hydrogen-bond donors (Lipinski definition) is 2. The third-order valence-electron chi connectivity index (χ3n) is 2.52. The molecule has 2 atom stereocenters. The summed E-state index contributed by atoms with van der Waals surface area (Å²) in [6.45, 7) is 4.74. The van der Waals surface area contributed by atoms with Crippen LogP contribution in [-0.2, 0) is 0 Å². The highest BCUT2D eigenvalue weighted by atomic mass is 19.4. The fraction of sp³-hybridized carbons (Fsp3) is 1.00. The van der Waals surface area contributed by atoms with Crippen molar-refractivity contribution < 1.29 is 13.2 Å². The van der Waals surface area contributed by atoms with Crippen LogP contribution >= 0.6 is 0 Å². The molecular formula is C9H18F3N3. The number of nitrogens with zero attached hydrogens (tertiary/aromatic N) is 1. The van der Waals surface area contributed by atoms with Gasteiger partial charge in [0, 0.05) is 25.2 Å². The van der Waals surface area contributed by atoms with Gasteiger partial charge in [0.1, 0.15) is 0 Å². The number of nitrogens with one attached hydrogen (secondary N) is 1. The number of likely N-dealkylation sites (tertiary alicyclic amines) is 1. The number of nitrogens with two attached hydrogens (primary N) is 1. The van der Waals surface area contributed by atoms with Crippen molar-refractivity contribution in [1.29, 1.82) is 0 Å². The Bertz CT molecular complexity index is 205. The van der Waals surface area contributed by atoms with Crippen LogP contribution in [0.3, 0.4) is 0 Å². The van der Waals surface area contributed by atoms with Crippen molar-refractivity contribution in [3.8, 4) is 0 Å². The van der Waals surface area contributed by atoms with Gasteiger partial charge in [-0.15, -0.1) is 0 Å². The molecule has 1 aliphatic rings. The van der Waals surface area contributed by atoms with E-state index in [4.69, 9.17) is 5.73 Å². The average molecular weight is 225 g/mol. The third-order valence-corrected chi connectivity index (χ3v) is 2.52. The van der Waals surface area contributed by atoms with Gasteiger partial charge in [0.15, 0.2) is 6.17 Å². The molecular weight excluding hydrogens is 207 g/mol. The zero-order valence-electron chi connectivity index (χ0n) is 9.01. The molecule has 0 aromatic heterocycles. The maximum Gasteiger partial charge on any atom is 0.417 e. The molecule has 0 bridgehead atoms. The zero-order valence-corrected chi connectivity index (χ0v) is 9.01. The Hall–Kier alpha value is -0.330. The fourth-order valence-corrected chi connectivity index (χ4v) is 1.85. The first-order valence-electron chi connectivity index (χ1n) is 5.13. The summed E-state index contributed by atoms with van der Waals surface area (Å²) in [5, 5.41) is 3.21. The minimum Gasteiger partial charge on any atom is -0.310 e. The lowest BCUT2D eigenvalue weighted by Crippen LogP contribution is -2.52. The van der Waals surface area contributed by atoms with Gasteiger partial charge >= 0.3 is 6.18 Å². The second kappa shape index (κ2) is 4.67. The lowest BCUT2D eigenvalue weighted by molar-refractivity contribution is -0.179. The first-order chi connectivity index (χ1) is 6.80. The highest BCUT2D eigenvalue weighted by Crippen LogP contribution is 2.24. The lowest BCUT2D eigenvalue weighted by Gasteiger charge is -2.26. The molecule has 0 aromatic carbocycles. The summed E-state index contributed by atoms with van der Waals surface area (Å²) in [7, 11) is 0. The largest absolute Gasteiger partial charge is 0.417 e. The van der Waals surface area contributed by atoms with Crippen LogP contribution in [0.25, 0.3) is 0 Å². The smallest absolute Gasteiger partial charge is 0.310 e. The summed E-state index contributed by atoms with van der Waals surface area (Å²) in [5.41, 5.74) is 5.12. The predicted molar refractivity (Wildman–Crippen MR) is 52.3 cm³/mol. The van der Waals surface area contributed by atoms with Gasteiger partial charge in [-0.25, -0.2) is 0 Å². The second-order valence-corrected chi connectivity index (χ2v) is 4.29. The first kappa shape index (κ1) is 12.7. The van der Waals surface area contributed by atoms with Gasteiger partial charge < -0.3 is 11.1 Å². The van der Waals surface area contributed by atoms with E-state index in [-0.39, 0.29) is 12.1 Å². The third kappa shape index (κ3) is 3.62. The normalized spacial score (nSPS) is 26.2. The zero-order chi connectivity index (χ0) is 11.6. The molecule has 3 nitrogen and oxygen atoms in total. The molecule has 1 saturated heterocycles. The quantitative estimate of drug-likeness (QED) is 0.750. The van der Waals surface area contributed by atoms with Gasteiger partial charge in [-0.1, -0.05) is 13.8 Å². The highest BCUT2D eigenvalue weighted by molar-refractivity contribution is 4.86. The summed E-state index contributed by atoms with van der Waals surface area (Å²) in [4.78, 5) is 1.28. The SMILES string of the molecule is CC(C)NC1CCN(C(N)C(F)(F)F)C1. The van der Waals surface area contributed by atoms with E-state index in [0.717, 1.165) is 6.42 Å². The van der Waals surface area contributed by atoms with Crippen LogP contribution in [0.15, 0.2) is 0 Å². The van der Waals surface area contributed by atoms with Crippen molar-refractivity contribution in [2.45, 2.75) is 44.7 Å². The Morgan fingerprint density at radius 3 is 2.47 bits per heavy atom. The number of hydrogen-bond acceptors (Lipinski definition) is 3. The Labute approximate surface area is 87.8 Å². The van der Waals surface area contributed by atoms with Gasteiger partial charge in [-0.05, 0) is 6.42 Å². The van der Waals surface area contributed by atoms with Gasteiger partial charge in [-0.3, -0.25) is 4.90 Å². The van der Waals surface area contributed by atoms with Gasteiger partial charge in [-0.2, -0.15) is 13.2 Å². The molecule has 0 spiro atoms. The highest BCUT2D eigenvalue weighted by Gasteiger charge is 2.43. The molecule has 0 aromatic rings. The fourth-order valence-electron chi connectivity index (χ4n) is 1.85. The molecule has 3 N–H and O–H groups in total. The van der Waals surface area contributed by atoms with Crippen LogP contribution in [0.1, 0.15) is 20.3 Å². The van der Waals surface area contributed by atoms with Crippen LogP contribution in [0.4, 0.5) is 13.2 Å². The lowest BCUT2D eigenvalue weighted by atomic mass is 10.2. The van der Waals surface area contributed by atoms with Crippen molar-refractivity contribution in [2.75, 3.05) is 13.1 Å². The Morgan fingerprint density at radius 2 is 2.00 bits per heavy atom. The van der Waals surface area contributed by atoms with E-state index < -0.39 is 12.3 Å². The molecule has 90 valence electrons. The van der Waals surface area contributed by atoms with Crippen molar-refractivity contribution >= 4 is 0 Å². The van der Waals surface area contributed by atoms with E-state index in [0.29, 0.717) is 13.1 Å². The van der Waals surface area contributed by atoms with E-state index in [1.165, 1.54) is 4.90 Å². The van der Waals surface area contributed by atoms with Crippen molar-refractivity contribution in [1.82, 2.24) is 10.2 Å². The van der Waals surface area contributed by atoms with E-state index in [9.17, 15) is 13.2 Å². The van der Waals surface area contributed by atoms with Crippen molar-refractivity contribution in [2.24, 2.45) is 5.73 Å². The maximum atomic E-state index is 12.3. The minimum absolute atomic E-state index is 0.124. The molecule has 6 heteroatoms. The summed E-state index contributed by atoms with van der Waals surface area (Å²) < 4.78 is 36.9. The van der Waals surface area contributed by atoms with E-state index in [2.05, 4.69) is 5.32 Å². The molecule has 0 aliphatic carbocycles. The van der Waals surface area contributed by atoms with Crippen LogP contribution in [-0.4, -0.2) is 42.4 Å². The number of alkyl halides is 3. The second-order valence-electron chi connectivity index (χ2n) is 4.29. The molecule has 0 amide bonds. The Kier molecular flexibility index (Phi) is 3.97. The Balaban J connectivity index is 2.42. The summed E-state index contributed by atoms with van der Waals surface area (Å²) >= 11 is 0. The van der Waals surface area contributed by atoms with Crippen LogP contribution in [0.5, 0.6) is 0 Å². The van der Waals surface area contributed by atoms with Crippen molar-refractivity contribution in [3.63, 3.8) is 0 Å². The molecule has 0 saturated carbocycles. The van der Waals surface area contributed by atoms with Crippen LogP contribution in [0, 0.1) is 0 Å². The topological polar surface area (TPSA) is 41.3 Å². The molecule has 2 unspecified atom stereocenters. The number of halogens is 3. The monoisotopic (exact) mass is 225 g/mol. The Morgan fingerprint density at radius 1 is 1.40 bits per heavy atom. The van der Waals surface area contributed by atoms with Gasteiger partial charge in [0.05, 0.1) is 0 Å². The van der Waals surface area contributed by atoms with E-state index in [1.54, 1.807) is 0 Å². The predicted octanol–water partition coefficient (Wildman–Crippen LogP) is 0.906. The molecule has 15 heavy (non-hydrogen) atoms. The number of rotatable bonds is 3. The standard InChI is InChI=1S/C9H18F3N3/c1-6(2)14-7-3-4-15(5-7)8(13)9(10,11)12/h6-8,14H,3-5,13H2,1-2H3. The summed E-state index contributed by atoms with van der Waals surface area (Å²) in [6, 6.07) is 0.412. The van der Waals surface area contributed by atoms with Gasteiger partial charge in [0.2, 0.25) is 0 Å². The van der Waals surface area contributed by atoms with Crippen LogP contribution in [0.2, 0.25) is 0 Å². The van der Waals surface area contributed by atoms with E-state index in [1.807, 2.05) is 13.8 Å². The summed E-state index contributed by atoms with van der Waals surface area (Å²) in [6.07, 6.45) is -5.43. The van der Waals surface area contributed by atoms with Crippen molar-refractivity contribution in [3.05, 3.63) is 0 Å².